The van der Waals surface area contributed by atoms with Gasteiger partial charge in [-0.15, -0.1) is 35.1 Å². The zero-order valence-corrected chi connectivity index (χ0v) is 9.01. The van der Waals surface area contributed by atoms with Crippen molar-refractivity contribution >= 4 is 35.1 Å². The van der Waals surface area contributed by atoms with Gasteiger partial charge in [0.2, 0.25) is 0 Å². The summed E-state index contributed by atoms with van der Waals surface area (Å²) < 4.78 is 0.169. The van der Waals surface area contributed by atoms with Gasteiger partial charge >= 0.3 is 0 Å². The van der Waals surface area contributed by atoms with E-state index in [0.717, 1.165) is 0 Å². The molecule has 3 heteroatoms. The smallest absolute Gasteiger partial charge is 0.0801 e. The Labute approximate surface area is 82.8 Å². The van der Waals surface area contributed by atoms with Crippen LogP contribution in [0, 0.1) is 0 Å². The molecule has 1 unspecified atom stereocenters. The third kappa shape index (κ3) is 25.4. The van der Waals surface area contributed by atoms with Gasteiger partial charge in [-0.25, -0.2) is 0 Å². The van der Waals surface area contributed by atoms with Gasteiger partial charge < -0.3 is 0 Å². The summed E-state index contributed by atoms with van der Waals surface area (Å²) in [5, 5.41) is 5.19. The highest BCUT2D eigenvalue weighted by Gasteiger charge is 1.86. The first-order valence-electron chi connectivity index (χ1n) is 2.96. The summed E-state index contributed by atoms with van der Waals surface area (Å²) in [5.41, 5.74) is 0. The molecule has 11 heavy (non-hydrogen) atoms. The van der Waals surface area contributed by atoms with Crippen LogP contribution in [-0.4, -0.2) is 4.71 Å². The summed E-state index contributed by atoms with van der Waals surface area (Å²) in [6.07, 6.45) is 0. The predicted molar refractivity (Wildman–Crippen MR) is 61.1 cm³/mol. The van der Waals surface area contributed by atoms with Crippen molar-refractivity contribution in [2.45, 2.75) is 11.6 Å². The molecule has 0 spiro atoms. The lowest BCUT2D eigenvalue weighted by molar-refractivity contribution is 1.41. The molecule has 64 valence electrons. The van der Waals surface area contributed by atoms with Crippen LogP contribution in [0.1, 0.15) is 6.92 Å². The number of rotatable bonds is 4. The molecule has 0 nitrogen and oxygen atoms in total. The maximum absolute atomic E-state index is 5.47. The van der Waals surface area contributed by atoms with Crippen LogP contribution < -0.4 is 0 Å². The van der Waals surface area contributed by atoms with Crippen molar-refractivity contribution in [3.05, 3.63) is 36.0 Å². The summed E-state index contributed by atoms with van der Waals surface area (Å²) in [6, 6.07) is 0. The van der Waals surface area contributed by atoms with Crippen LogP contribution in [0.25, 0.3) is 0 Å². The molecular weight excluding hydrogens is 196 g/mol. The molecule has 0 rings (SSSR count). The molecular formula is C8H13ClS2. The Morgan fingerprint density at radius 3 is 1.64 bits per heavy atom. The Bertz CT molecular complexity index is 105. The van der Waals surface area contributed by atoms with E-state index in [0.29, 0.717) is 0 Å². The van der Waals surface area contributed by atoms with Crippen molar-refractivity contribution in [1.29, 1.82) is 0 Å². The maximum Gasteiger partial charge on any atom is 0.0801 e. The normalized spacial score (nSPS) is 10.4. The highest BCUT2D eigenvalue weighted by Crippen LogP contribution is 2.12. The first kappa shape index (κ1) is 13.8. The van der Waals surface area contributed by atoms with Gasteiger partial charge in [0.05, 0.1) is 4.71 Å². The van der Waals surface area contributed by atoms with E-state index in [1.807, 2.05) is 6.92 Å². The molecule has 0 bridgehead atoms. The second-order valence-corrected chi connectivity index (χ2v) is 4.48. The van der Waals surface area contributed by atoms with Crippen LogP contribution in [0.15, 0.2) is 36.0 Å². The molecule has 0 saturated carbocycles. The molecule has 0 aliphatic rings. The minimum absolute atomic E-state index is 0.169. The van der Waals surface area contributed by atoms with E-state index in [9.17, 15) is 0 Å². The predicted octanol–water partition coefficient (Wildman–Crippen LogP) is 4.45. The minimum atomic E-state index is 0.169. The first-order chi connectivity index (χ1) is 5.18. The Morgan fingerprint density at radius 1 is 1.18 bits per heavy atom. The van der Waals surface area contributed by atoms with E-state index in [1.165, 1.54) is 23.5 Å². The maximum atomic E-state index is 5.47. The van der Waals surface area contributed by atoms with Crippen molar-refractivity contribution in [3.8, 4) is 0 Å². The largest absolute Gasteiger partial charge is 0.115 e. The lowest BCUT2D eigenvalue weighted by Crippen LogP contribution is -1.72. The highest BCUT2D eigenvalue weighted by atomic mass is 35.5. The van der Waals surface area contributed by atoms with Crippen molar-refractivity contribution in [3.63, 3.8) is 0 Å². The Balaban J connectivity index is 0. The highest BCUT2D eigenvalue weighted by molar-refractivity contribution is 8.04. The van der Waals surface area contributed by atoms with Crippen LogP contribution in [0.3, 0.4) is 0 Å². The molecule has 0 N–H and O–H groups in total. The number of thioether (sulfide) groups is 2. The molecule has 1 atom stereocenters. The molecule has 0 aromatic heterocycles. The Kier molecular flexibility index (Phi) is 16.1. The van der Waals surface area contributed by atoms with E-state index in [2.05, 4.69) is 19.7 Å². The SMILES string of the molecule is C=CSC(C)Cl.C=CSC=C. The number of hydrogen-bond acceptors (Lipinski definition) is 2. The van der Waals surface area contributed by atoms with Gasteiger partial charge in [0, 0.05) is 0 Å². The van der Waals surface area contributed by atoms with Crippen molar-refractivity contribution in [1.82, 2.24) is 0 Å². The van der Waals surface area contributed by atoms with Crippen molar-refractivity contribution in [2.75, 3.05) is 0 Å². The van der Waals surface area contributed by atoms with Gasteiger partial charge in [0.1, 0.15) is 0 Å². The first-order valence-corrected chi connectivity index (χ1v) is 5.29. The minimum Gasteiger partial charge on any atom is -0.115 e. The lowest BCUT2D eigenvalue weighted by atomic mass is 11.0. The lowest BCUT2D eigenvalue weighted by Gasteiger charge is -1.89. The number of halogens is 1. The third-order valence-corrected chi connectivity index (χ3v) is 1.74. The van der Waals surface area contributed by atoms with Gasteiger partial charge in [0.15, 0.2) is 0 Å². The monoisotopic (exact) mass is 208 g/mol. The molecule has 0 aliphatic carbocycles. The number of alkyl halides is 1. The fourth-order valence-electron chi connectivity index (χ4n) is 0.201. The summed E-state index contributed by atoms with van der Waals surface area (Å²) in [6.45, 7) is 12.3. The van der Waals surface area contributed by atoms with Gasteiger partial charge in [-0.1, -0.05) is 19.7 Å². The van der Waals surface area contributed by atoms with E-state index in [-0.39, 0.29) is 4.71 Å². The fraction of sp³-hybridized carbons (Fsp3) is 0.250. The van der Waals surface area contributed by atoms with E-state index >= 15 is 0 Å². The van der Waals surface area contributed by atoms with Crippen LogP contribution in [0.2, 0.25) is 0 Å². The van der Waals surface area contributed by atoms with Crippen molar-refractivity contribution < 1.29 is 0 Å². The average Bonchev–Trinajstić information content (AvgIpc) is 1.90. The Hall–Kier alpha value is 0.210. The van der Waals surface area contributed by atoms with Gasteiger partial charge in [0.25, 0.3) is 0 Å². The summed E-state index contributed by atoms with van der Waals surface area (Å²) in [4.78, 5) is 0. The molecule has 0 aromatic carbocycles. The fourth-order valence-corrected chi connectivity index (χ4v) is 0.820. The molecule has 0 heterocycles. The zero-order chi connectivity index (χ0) is 9.11. The topological polar surface area (TPSA) is 0 Å². The summed E-state index contributed by atoms with van der Waals surface area (Å²) >= 11 is 8.48. The Morgan fingerprint density at radius 2 is 1.64 bits per heavy atom. The van der Waals surface area contributed by atoms with Crippen LogP contribution >= 0.6 is 35.1 Å². The van der Waals surface area contributed by atoms with Crippen LogP contribution in [-0.2, 0) is 0 Å². The van der Waals surface area contributed by atoms with E-state index in [4.69, 9.17) is 11.6 Å². The molecule has 0 saturated heterocycles. The molecule has 0 aliphatic heterocycles. The second kappa shape index (κ2) is 12.8. The number of hydrogen-bond donors (Lipinski definition) is 0. The zero-order valence-electron chi connectivity index (χ0n) is 6.63. The molecule has 0 fully saturated rings. The molecule has 0 radical (unpaired) electrons. The van der Waals surface area contributed by atoms with Crippen LogP contribution in [0.4, 0.5) is 0 Å². The van der Waals surface area contributed by atoms with Crippen molar-refractivity contribution in [2.24, 2.45) is 0 Å². The molecule has 0 aromatic rings. The average molecular weight is 209 g/mol. The van der Waals surface area contributed by atoms with E-state index in [1.54, 1.807) is 16.2 Å². The van der Waals surface area contributed by atoms with Gasteiger partial charge in [-0.3, -0.25) is 0 Å². The molecule has 0 amide bonds. The van der Waals surface area contributed by atoms with E-state index < -0.39 is 0 Å². The third-order valence-electron chi connectivity index (χ3n) is 0.476. The van der Waals surface area contributed by atoms with Gasteiger partial charge in [-0.2, -0.15) is 0 Å². The quantitative estimate of drug-likeness (QED) is 0.626. The summed E-state index contributed by atoms with van der Waals surface area (Å²) in [7, 11) is 0. The second-order valence-electron chi connectivity index (χ2n) is 1.32. The standard InChI is InChI=1S/C4H7ClS.C4H6S/c1-3-6-4(2)5;1-3-5-4-2/h3-4H,1H2,2H3;3-4H,1-2H2. The van der Waals surface area contributed by atoms with Crippen LogP contribution in [0.5, 0.6) is 0 Å². The van der Waals surface area contributed by atoms with Gasteiger partial charge in [-0.05, 0) is 23.1 Å². The summed E-state index contributed by atoms with van der Waals surface area (Å²) in [5.74, 6) is 0.